The van der Waals surface area contributed by atoms with Gasteiger partial charge >= 0.3 is 0 Å². The Morgan fingerprint density at radius 3 is 2.44 bits per heavy atom. The number of carbonyl (C=O) groups is 1. The standard InChI is InChI=1S/C24H29N3O6S/c28-24(23-17-32-21-6-2-3-7-22(21)33-23)25-19-16-18(34(29,30)27-10-4-1-5-11-27)8-9-20(19)26-12-14-31-15-13-26/h2-3,6-9,16,23H,1,4-5,10-15,17H2,(H,25,28)/t23-/m0/s1. The summed E-state index contributed by atoms with van der Waals surface area (Å²) in [6, 6.07) is 12.1. The molecule has 2 saturated heterocycles. The zero-order valence-electron chi connectivity index (χ0n) is 18.9. The first kappa shape index (κ1) is 22.9. The molecular formula is C24H29N3O6S. The molecule has 1 amide bonds. The quantitative estimate of drug-likeness (QED) is 0.692. The lowest BCUT2D eigenvalue weighted by molar-refractivity contribution is -0.125. The van der Waals surface area contributed by atoms with Gasteiger partial charge in [0.1, 0.15) is 6.61 Å². The van der Waals surface area contributed by atoms with Crippen LogP contribution in [-0.4, -0.2) is 70.7 Å². The number of anilines is 2. The van der Waals surface area contributed by atoms with Crippen molar-refractivity contribution in [2.24, 2.45) is 0 Å². The largest absolute Gasteiger partial charge is 0.485 e. The summed E-state index contributed by atoms with van der Waals surface area (Å²) in [4.78, 5) is 15.4. The minimum Gasteiger partial charge on any atom is -0.485 e. The van der Waals surface area contributed by atoms with Crippen LogP contribution in [0.25, 0.3) is 0 Å². The van der Waals surface area contributed by atoms with Crippen molar-refractivity contribution in [2.45, 2.75) is 30.3 Å². The molecule has 0 bridgehead atoms. The lowest BCUT2D eigenvalue weighted by Crippen LogP contribution is -2.41. The van der Waals surface area contributed by atoms with Gasteiger partial charge in [-0.3, -0.25) is 4.79 Å². The number of hydrogen-bond donors (Lipinski definition) is 1. The van der Waals surface area contributed by atoms with Gasteiger partial charge in [-0.05, 0) is 43.2 Å². The summed E-state index contributed by atoms with van der Waals surface area (Å²) in [5, 5.41) is 2.91. The molecule has 2 aromatic rings. The second-order valence-electron chi connectivity index (χ2n) is 8.60. The lowest BCUT2D eigenvalue weighted by atomic mass is 10.2. The van der Waals surface area contributed by atoms with Crippen molar-refractivity contribution in [1.82, 2.24) is 4.31 Å². The van der Waals surface area contributed by atoms with Gasteiger partial charge in [0, 0.05) is 26.2 Å². The Morgan fingerprint density at radius 2 is 1.68 bits per heavy atom. The van der Waals surface area contributed by atoms with Crippen LogP contribution in [0.2, 0.25) is 0 Å². The van der Waals surface area contributed by atoms with Crippen molar-refractivity contribution in [2.75, 3.05) is 56.2 Å². The minimum absolute atomic E-state index is 0.0709. The van der Waals surface area contributed by atoms with Crippen LogP contribution in [0.5, 0.6) is 11.5 Å². The average Bonchev–Trinajstić information content (AvgIpc) is 2.89. The maximum absolute atomic E-state index is 13.3. The first-order valence-electron chi connectivity index (χ1n) is 11.7. The van der Waals surface area contributed by atoms with Gasteiger partial charge in [0.25, 0.3) is 5.91 Å². The fourth-order valence-electron chi connectivity index (χ4n) is 4.47. The van der Waals surface area contributed by atoms with E-state index in [1.165, 1.54) is 4.31 Å². The molecule has 0 radical (unpaired) electrons. The van der Waals surface area contributed by atoms with E-state index in [4.69, 9.17) is 14.2 Å². The number of ether oxygens (including phenoxy) is 3. The molecule has 2 aromatic carbocycles. The van der Waals surface area contributed by atoms with Crippen molar-refractivity contribution in [3.8, 4) is 11.5 Å². The third kappa shape index (κ3) is 4.70. The highest BCUT2D eigenvalue weighted by molar-refractivity contribution is 7.89. The number of amides is 1. The molecule has 1 N–H and O–H groups in total. The lowest BCUT2D eigenvalue weighted by Gasteiger charge is -2.32. The summed E-state index contributed by atoms with van der Waals surface area (Å²) in [6.45, 7) is 3.54. The van der Waals surface area contributed by atoms with E-state index in [-0.39, 0.29) is 11.5 Å². The predicted octanol–water partition coefficient (Wildman–Crippen LogP) is 2.48. The van der Waals surface area contributed by atoms with Crippen LogP contribution in [0.3, 0.4) is 0 Å². The van der Waals surface area contributed by atoms with Gasteiger partial charge < -0.3 is 24.4 Å². The molecule has 0 aliphatic carbocycles. The van der Waals surface area contributed by atoms with Crippen LogP contribution in [0.15, 0.2) is 47.4 Å². The predicted molar refractivity (Wildman–Crippen MR) is 127 cm³/mol. The van der Waals surface area contributed by atoms with Crippen molar-refractivity contribution in [1.29, 1.82) is 0 Å². The summed E-state index contributed by atoms with van der Waals surface area (Å²) in [5.41, 5.74) is 1.19. The summed E-state index contributed by atoms with van der Waals surface area (Å²) in [6.07, 6.45) is 1.90. The van der Waals surface area contributed by atoms with E-state index in [0.29, 0.717) is 56.6 Å². The molecule has 0 spiro atoms. The number of nitrogens with zero attached hydrogens (tertiary/aromatic N) is 2. The number of rotatable bonds is 5. The Kier molecular flexibility index (Phi) is 6.62. The van der Waals surface area contributed by atoms with Gasteiger partial charge in [-0.2, -0.15) is 4.31 Å². The monoisotopic (exact) mass is 487 g/mol. The Bertz CT molecular complexity index is 1140. The number of nitrogens with one attached hydrogen (secondary N) is 1. The Morgan fingerprint density at radius 1 is 0.941 bits per heavy atom. The summed E-state index contributed by atoms with van der Waals surface area (Å²) in [5.74, 6) is 0.704. The first-order valence-corrected chi connectivity index (χ1v) is 13.1. The molecule has 10 heteroatoms. The number of fused-ring (bicyclic) bond motifs is 1. The summed E-state index contributed by atoms with van der Waals surface area (Å²) < 4.78 is 45.1. The molecule has 3 heterocycles. The van der Waals surface area contributed by atoms with Crippen molar-refractivity contribution >= 4 is 27.3 Å². The third-order valence-electron chi connectivity index (χ3n) is 6.33. The molecule has 3 aliphatic rings. The van der Waals surface area contributed by atoms with Gasteiger partial charge in [0.05, 0.1) is 29.5 Å². The van der Waals surface area contributed by atoms with Crippen LogP contribution in [-0.2, 0) is 19.6 Å². The van der Waals surface area contributed by atoms with E-state index in [0.717, 1.165) is 24.9 Å². The summed E-state index contributed by atoms with van der Waals surface area (Å²) in [7, 11) is -3.65. The van der Waals surface area contributed by atoms with E-state index < -0.39 is 22.0 Å². The van der Waals surface area contributed by atoms with Crippen molar-refractivity contribution in [3.05, 3.63) is 42.5 Å². The molecule has 0 saturated carbocycles. The molecular weight excluding hydrogens is 458 g/mol. The van der Waals surface area contributed by atoms with Crippen LogP contribution < -0.4 is 19.7 Å². The maximum Gasteiger partial charge on any atom is 0.269 e. The number of carbonyl (C=O) groups excluding carboxylic acids is 1. The van der Waals surface area contributed by atoms with Gasteiger partial charge in [-0.25, -0.2) is 8.42 Å². The normalized spacial score (nSPS) is 21.2. The van der Waals surface area contributed by atoms with E-state index in [9.17, 15) is 13.2 Å². The summed E-state index contributed by atoms with van der Waals surface area (Å²) >= 11 is 0. The molecule has 5 rings (SSSR count). The number of benzene rings is 2. The van der Waals surface area contributed by atoms with Crippen LogP contribution in [0, 0.1) is 0 Å². The number of hydrogen-bond acceptors (Lipinski definition) is 7. The first-order chi connectivity index (χ1) is 16.5. The number of sulfonamides is 1. The highest BCUT2D eigenvalue weighted by atomic mass is 32.2. The molecule has 9 nitrogen and oxygen atoms in total. The van der Waals surface area contributed by atoms with Gasteiger partial charge in [-0.15, -0.1) is 0 Å². The highest BCUT2D eigenvalue weighted by Gasteiger charge is 2.30. The highest BCUT2D eigenvalue weighted by Crippen LogP contribution is 2.34. The van der Waals surface area contributed by atoms with Crippen molar-refractivity contribution in [3.63, 3.8) is 0 Å². The van der Waals surface area contributed by atoms with E-state index in [1.807, 2.05) is 12.1 Å². The Balaban J connectivity index is 1.42. The molecule has 34 heavy (non-hydrogen) atoms. The van der Waals surface area contributed by atoms with E-state index in [2.05, 4.69) is 10.2 Å². The van der Waals surface area contributed by atoms with Crippen LogP contribution in [0.1, 0.15) is 19.3 Å². The topological polar surface area (TPSA) is 97.4 Å². The van der Waals surface area contributed by atoms with E-state index in [1.54, 1.807) is 30.3 Å². The zero-order valence-corrected chi connectivity index (χ0v) is 19.8. The van der Waals surface area contributed by atoms with Crippen LogP contribution in [0.4, 0.5) is 11.4 Å². The zero-order chi connectivity index (χ0) is 23.5. The second kappa shape index (κ2) is 9.81. The molecule has 3 aliphatic heterocycles. The Labute approximate surface area is 199 Å². The second-order valence-corrected chi connectivity index (χ2v) is 10.5. The van der Waals surface area contributed by atoms with Gasteiger partial charge in [-0.1, -0.05) is 18.6 Å². The third-order valence-corrected chi connectivity index (χ3v) is 8.23. The minimum atomic E-state index is -3.65. The van der Waals surface area contributed by atoms with Crippen LogP contribution >= 0.6 is 0 Å². The molecule has 0 aromatic heterocycles. The van der Waals surface area contributed by atoms with Gasteiger partial charge in [0.15, 0.2) is 11.5 Å². The Hall–Kier alpha value is -2.82. The fourth-order valence-corrected chi connectivity index (χ4v) is 6.02. The molecule has 0 unspecified atom stereocenters. The molecule has 182 valence electrons. The van der Waals surface area contributed by atoms with E-state index >= 15 is 0 Å². The number of morpholine rings is 1. The molecule has 2 fully saturated rings. The SMILES string of the molecule is O=C(Nc1cc(S(=O)(=O)N2CCCCC2)ccc1N1CCOCC1)[C@@H]1COc2ccccc2O1. The van der Waals surface area contributed by atoms with Crippen molar-refractivity contribution < 1.29 is 27.4 Å². The molecule has 1 atom stereocenters. The maximum atomic E-state index is 13.3. The van der Waals surface area contributed by atoms with Gasteiger partial charge in [0.2, 0.25) is 16.1 Å². The number of piperidine rings is 1. The fraction of sp³-hybridized carbons (Fsp3) is 0.458. The average molecular weight is 488 g/mol. The smallest absolute Gasteiger partial charge is 0.269 e. The number of para-hydroxylation sites is 2.